The van der Waals surface area contributed by atoms with Crippen LogP contribution in [-0.4, -0.2) is 30.9 Å². The fourth-order valence-corrected chi connectivity index (χ4v) is 1.63. The van der Waals surface area contributed by atoms with Gasteiger partial charge in [0.1, 0.15) is 0 Å². The van der Waals surface area contributed by atoms with Gasteiger partial charge in [-0.25, -0.2) is 0 Å². The van der Waals surface area contributed by atoms with Crippen LogP contribution in [0.1, 0.15) is 18.1 Å². The van der Waals surface area contributed by atoms with Gasteiger partial charge in [-0.2, -0.15) is 0 Å². The average molecular weight is 257 g/mol. The van der Waals surface area contributed by atoms with Crippen LogP contribution in [0, 0.1) is 6.92 Å². The lowest BCUT2D eigenvalue weighted by Crippen LogP contribution is -2.36. The van der Waals surface area contributed by atoms with E-state index < -0.39 is 0 Å². The summed E-state index contributed by atoms with van der Waals surface area (Å²) in [7, 11) is 1.79. The second kappa shape index (κ2) is 8.09. The second-order valence-corrected chi connectivity index (χ2v) is 3.86. The second-order valence-electron chi connectivity index (χ2n) is 3.86. The number of hydrogen-bond donors (Lipinski definition) is 1. The highest BCUT2D eigenvalue weighted by molar-refractivity contribution is 5.85. The molecule has 1 aromatic carbocycles. The lowest BCUT2D eigenvalue weighted by molar-refractivity contribution is -0.130. The summed E-state index contributed by atoms with van der Waals surface area (Å²) in [6.45, 7) is 5.93. The van der Waals surface area contributed by atoms with E-state index in [4.69, 9.17) is 0 Å². The van der Waals surface area contributed by atoms with Gasteiger partial charge in [-0.15, -0.1) is 12.4 Å². The van der Waals surface area contributed by atoms with Gasteiger partial charge >= 0.3 is 0 Å². The first-order valence-electron chi connectivity index (χ1n) is 5.66. The molecule has 3 nitrogen and oxygen atoms in total. The number of rotatable bonds is 5. The van der Waals surface area contributed by atoms with E-state index in [2.05, 4.69) is 24.4 Å². The molecule has 0 aromatic heterocycles. The van der Waals surface area contributed by atoms with Crippen molar-refractivity contribution in [1.29, 1.82) is 0 Å². The van der Waals surface area contributed by atoms with Gasteiger partial charge in [-0.05, 0) is 32.0 Å². The van der Waals surface area contributed by atoms with Crippen molar-refractivity contribution in [3.8, 4) is 0 Å². The smallest absolute Gasteiger partial charge is 0.236 e. The highest BCUT2D eigenvalue weighted by Crippen LogP contribution is 2.10. The van der Waals surface area contributed by atoms with Crippen LogP contribution < -0.4 is 5.32 Å². The summed E-state index contributed by atoms with van der Waals surface area (Å²) in [6, 6.07) is 8.18. The van der Waals surface area contributed by atoms with Gasteiger partial charge in [-0.1, -0.05) is 24.3 Å². The maximum absolute atomic E-state index is 11.8. The summed E-state index contributed by atoms with van der Waals surface area (Å²) >= 11 is 0. The minimum Gasteiger partial charge on any atom is -0.338 e. The van der Waals surface area contributed by atoms with Gasteiger partial charge in [0.15, 0.2) is 0 Å². The number of hydrogen-bond acceptors (Lipinski definition) is 2. The molecule has 17 heavy (non-hydrogen) atoms. The molecule has 1 amide bonds. The Balaban J connectivity index is 0.00000256. The predicted molar refractivity (Wildman–Crippen MR) is 73.4 cm³/mol. The van der Waals surface area contributed by atoms with Gasteiger partial charge < -0.3 is 10.2 Å². The van der Waals surface area contributed by atoms with Crippen LogP contribution in [0.2, 0.25) is 0 Å². The molecule has 4 heteroatoms. The first-order chi connectivity index (χ1) is 7.69. The van der Waals surface area contributed by atoms with Crippen molar-refractivity contribution in [3.05, 3.63) is 35.4 Å². The topological polar surface area (TPSA) is 32.3 Å². The molecule has 0 heterocycles. The van der Waals surface area contributed by atoms with Crippen molar-refractivity contribution in [1.82, 2.24) is 10.2 Å². The van der Waals surface area contributed by atoms with Crippen LogP contribution in [0.25, 0.3) is 0 Å². The minimum atomic E-state index is 0. The number of halogens is 1. The van der Waals surface area contributed by atoms with Gasteiger partial charge in [0.05, 0.1) is 6.54 Å². The molecule has 0 aliphatic heterocycles. The lowest BCUT2D eigenvalue weighted by atomic mass is 10.1. The van der Waals surface area contributed by atoms with E-state index in [0.717, 1.165) is 6.54 Å². The van der Waals surface area contributed by atoms with E-state index >= 15 is 0 Å². The van der Waals surface area contributed by atoms with Crippen LogP contribution in [-0.2, 0) is 11.3 Å². The molecule has 96 valence electrons. The molecule has 0 saturated carbocycles. The molecule has 0 aliphatic rings. The summed E-state index contributed by atoms with van der Waals surface area (Å²) in [6.07, 6.45) is 0. The minimum absolute atomic E-state index is 0. The van der Waals surface area contributed by atoms with Crippen LogP contribution >= 0.6 is 12.4 Å². The summed E-state index contributed by atoms with van der Waals surface area (Å²) < 4.78 is 0. The Bertz CT molecular complexity index is 355. The molecule has 0 atom stereocenters. The predicted octanol–water partition coefficient (Wildman–Crippen LogP) is 1.98. The molecule has 0 unspecified atom stereocenters. The molecule has 0 saturated heterocycles. The fraction of sp³-hybridized carbons (Fsp3) is 0.462. The van der Waals surface area contributed by atoms with Crippen molar-refractivity contribution in [2.45, 2.75) is 20.4 Å². The first kappa shape index (κ1) is 15.9. The Hall–Kier alpha value is -1.06. The van der Waals surface area contributed by atoms with E-state index in [9.17, 15) is 4.79 Å². The van der Waals surface area contributed by atoms with Gasteiger partial charge in [0.2, 0.25) is 5.91 Å². The molecule has 0 spiro atoms. The number of likely N-dealkylation sites (N-methyl/N-ethyl adjacent to an activating group) is 2. The van der Waals surface area contributed by atoms with Gasteiger partial charge in [0, 0.05) is 13.1 Å². The molecule has 0 aliphatic carbocycles. The summed E-state index contributed by atoms with van der Waals surface area (Å²) in [5.41, 5.74) is 2.45. The number of carbonyl (C=O) groups excluding carboxylic acids is 1. The van der Waals surface area contributed by atoms with Crippen molar-refractivity contribution in [2.24, 2.45) is 0 Å². The summed E-state index contributed by atoms with van der Waals surface area (Å²) in [4.78, 5) is 13.6. The number of amides is 1. The maximum Gasteiger partial charge on any atom is 0.236 e. The molecule has 1 rings (SSSR count). The van der Waals surface area contributed by atoms with E-state index in [0.29, 0.717) is 13.1 Å². The quantitative estimate of drug-likeness (QED) is 0.874. The fourth-order valence-electron chi connectivity index (χ4n) is 1.63. The lowest BCUT2D eigenvalue weighted by Gasteiger charge is -2.21. The molecule has 1 N–H and O–H groups in total. The zero-order chi connectivity index (χ0) is 12.0. The third-order valence-corrected chi connectivity index (χ3v) is 2.68. The summed E-state index contributed by atoms with van der Waals surface area (Å²) in [5.74, 6) is 0.147. The maximum atomic E-state index is 11.8. The zero-order valence-corrected chi connectivity index (χ0v) is 11.5. The van der Waals surface area contributed by atoms with E-state index in [-0.39, 0.29) is 18.3 Å². The van der Waals surface area contributed by atoms with Crippen molar-refractivity contribution in [2.75, 3.05) is 20.1 Å². The van der Waals surface area contributed by atoms with E-state index in [1.165, 1.54) is 11.1 Å². The van der Waals surface area contributed by atoms with Crippen molar-refractivity contribution >= 4 is 18.3 Å². The third-order valence-electron chi connectivity index (χ3n) is 2.68. The molecular formula is C13H21ClN2O. The van der Waals surface area contributed by atoms with Crippen molar-refractivity contribution in [3.63, 3.8) is 0 Å². The Morgan fingerprint density at radius 2 is 2.00 bits per heavy atom. The Morgan fingerprint density at radius 3 is 2.53 bits per heavy atom. The molecular weight excluding hydrogens is 236 g/mol. The highest BCUT2D eigenvalue weighted by atomic mass is 35.5. The standard InChI is InChI=1S/C13H20N2O.ClH/c1-4-15(13(16)9-14-3)10-12-8-6-5-7-11(12)2;/h5-8,14H,4,9-10H2,1-3H3;1H. The van der Waals surface area contributed by atoms with E-state index in [1.807, 2.05) is 24.0 Å². The number of carbonyl (C=O) groups is 1. The Morgan fingerprint density at radius 1 is 1.35 bits per heavy atom. The average Bonchev–Trinajstić information content (AvgIpc) is 2.28. The Labute approximate surface area is 110 Å². The van der Waals surface area contributed by atoms with Crippen LogP contribution in [0.4, 0.5) is 0 Å². The third kappa shape index (κ3) is 4.75. The monoisotopic (exact) mass is 256 g/mol. The molecule has 0 bridgehead atoms. The molecule has 1 aromatic rings. The van der Waals surface area contributed by atoms with Crippen LogP contribution in [0.3, 0.4) is 0 Å². The van der Waals surface area contributed by atoms with E-state index in [1.54, 1.807) is 7.05 Å². The number of nitrogens with one attached hydrogen (secondary N) is 1. The number of nitrogens with zero attached hydrogens (tertiary/aromatic N) is 1. The first-order valence-corrected chi connectivity index (χ1v) is 5.66. The molecule has 0 fully saturated rings. The van der Waals surface area contributed by atoms with Gasteiger partial charge in [-0.3, -0.25) is 4.79 Å². The van der Waals surface area contributed by atoms with Crippen LogP contribution in [0.15, 0.2) is 24.3 Å². The number of benzene rings is 1. The molecule has 0 radical (unpaired) electrons. The van der Waals surface area contributed by atoms with Gasteiger partial charge in [0.25, 0.3) is 0 Å². The summed E-state index contributed by atoms with van der Waals surface area (Å²) in [5, 5.41) is 2.89. The van der Waals surface area contributed by atoms with Crippen LogP contribution in [0.5, 0.6) is 0 Å². The van der Waals surface area contributed by atoms with Crippen molar-refractivity contribution < 1.29 is 4.79 Å². The Kier molecular flexibility index (Phi) is 7.59. The number of aryl methyl sites for hydroxylation is 1. The SMILES string of the molecule is CCN(Cc1ccccc1C)C(=O)CNC.Cl. The zero-order valence-electron chi connectivity index (χ0n) is 10.7. The largest absolute Gasteiger partial charge is 0.338 e. The normalized spacial score (nSPS) is 9.59. The highest BCUT2D eigenvalue weighted by Gasteiger charge is 2.11.